The topological polar surface area (TPSA) is 18.5 Å². The lowest BCUT2D eigenvalue weighted by atomic mass is 9.84. The van der Waals surface area contributed by atoms with Gasteiger partial charge in [0.05, 0.1) is 0 Å². The molecule has 1 aliphatic rings. The molecule has 1 unspecified atom stereocenters. The molecule has 0 bridgehead atoms. The summed E-state index contributed by atoms with van der Waals surface area (Å²) in [5.41, 5.74) is 0.352. The van der Waals surface area contributed by atoms with Crippen molar-refractivity contribution in [3.8, 4) is 0 Å². The van der Waals surface area contributed by atoms with Crippen molar-refractivity contribution in [2.24, 2.45) is 5.41 Å². The van der Waals surface area contributed by atoms with Gasteiger partial charge in [-0.1, -0.05) is 13.8 Å². The summed E-state index contributed by atoms with van der Waals surface area (Å²) >= 11 is 0. The molecule has 0 spiro atoms. The van der Waals surface area contributed by atoms with Gasteiger partial charge in [-0.05, 0) is 26.4 Å². The molecular weight excluding hydrogens is 186 g/mol. The second-order valence-electron chi connectivity index (χ2n) is 5.58. The molecule has 1 fully saturated rings. The van der Waals surface area contributed by atoms with Gasteiger partial charge in [-0.3, -0.25) is 0 Å². The number of piperazine rings is 1. The zero-order chi connectivity index (χ0) is 11.5. The van der Waals surface area contributed by atoms with Gasteiger partial charge in [0.1, 0.15) is 0 Å². The number of rotatable bonds is 4. The van der Waals surface area contributed by atoms with Gasteiger partial charge in [-0.2, -0.15) is 0 Å². The van der Waals surface area contributed by atoms with E-state index in [1.165, 1.54) is 32.7 Å². The summed E-state index contributed by atoms with van der Waals surface area (Å²) in [4.78, 5) is 5.00. The quantitative estimate of drug-likeness (QED) is 0.747. The van der Waals surface area contributed by atoms with Crippen LogP contribution in [0.25, 0.3) is 0 Å². The fourth-order valence-electron chi connectivity index (χ4n) is 2.11. The Bertz CT molecular complexity index is 183. The van der Waals surface area contributed by atoms with Crippen LogP contribution in [0.1, 0.15) is 20.8 Å². The van der Waals surface area contributed by atoms with Crippen LogP contribution in [0, 0.1) is 5.41 Å². The van der Waals surface area contributed by atoms with Gasteiger partial charge < -0.3 is 15.1 Å². The highest BCUT2D eigenvalue weighted by molar-refractivity contribution is 4.84. The molecule has 1 heterocycles. The Labute approximate surface area is 94.8 Å². The fourth-order valence-corrected chi connectivity index (χ4v) is 2.11. The number of hydrogen-bond donors (Lipinski definition) is 1. The van der Waals surface area contributed by atoms with E-state index >= 15 is 0 Å². The first kappa shape index (κ1) is 12.9. The second kappa shape index (κ2) is 5.28. The van der Waals surface area contributed by atoms with Crippen molar-refractivity contribution < 1.29 is 0 Å². The van der Waals surface area contributed by atoms with Crippen LogP contribution in [0.15, 0.2) is 0 Å². The first-order valence-corrected chi connectivity index (χ1v) is 6.04. The summed E-state index contributed by atoms with van der Waals surface area (Å²) < 4.78 is 0. The SMILES string of the molecule is CNC(C)C(C)(C)CN1CCN(C)CC1. The van der Waals surface area contributed by atoms with Crippen molar-refractivity contribution in [2.45, 2.75) is 26.8 Å². The number of hydrogen-bond acceptors (Lipinski definition) is 3. The minimum Gasteiger partial charge on any atom is -0.317 e. The van der Waals surface area contributed by atoms with Gasteiger partial charge >= 0.3 is 0 Å². The summed E-state index contributed by atoms with van der Waals surface area (Å²) in [5, 5.41) is 3.37. The van der Waals surface area contributed by atoms with E-state index in [0.717, 1.165) is 0 Å². The van der Waals surface area contributed by atoms with E-state index in [-0.39, 0.29) is 0 Å². The van der Waals surface area contributed by atoms with Crippen LogP contribution in [0.5, 0.6) is 0 Å². The van der Waals surface area contributed by atoms with Crippen LogP contribution in [0.3, 0.4) is 0 Å². The lowest BCUT2D eigenvalue weighted by molar-refractivity contribution is 0.0955. The minimum atomic E-state index is 0.352. The third-order valence-electron chi connectivity index (χ3n) is 3.83. The molecule has 0 aromatic heterocycles. The van der Waals surface area contributed by atoms with E-state index in [0.29, 0.717) is 11.5 Å². The molecule has 15 heavy (non-hydrogen) atoms. The van der Waals surface area contributed by atoms with Crippen LogP contribution in [0.4, 0.5) is 0 Å². The van der Waals surface area contributed by atoms with Crippen molar-refractivity contribution in [2.75, 3.05) is 46.8 Å². The molecular formula is C12H27N3. The van der Waals surface area contributed by atoms with Crippen LogP contribution in [-0.4, -0.2) is 62.7 Å². The summed E-state index contributed by atoms with van der Waals surface area (Å²) in [5.74, 6) is 0. The molecule has 1 atom stereocenters. The van der Waals surface area contributed by atoms with E-state index in [1.54, 1.807) is 0 Å². The average molecular weight is 213 g/mol. The molecule has 0 amide bonds. The highest BCUT2D eigenvalue weighted by atomic mass is 15.2. The van der Waals surface area contributed by atoms with E-state index in [4.69, 9.17) is 0 Å². The standard InChI is InChI=1S/C12H27N3/c1-11(13-4)12(2,3)10-15-8-6-14(5)7-9-15/h11,13H,6-10H2,1-5H3. The molecule has 0 aromatic carbocycles. The van der Waals surface area contributed by atoms with Crippen molar-refractivity contribution in [1.82, 2.24) is 15.1 Å². The molecule has 1 aliphatic heterocycles. The summed E-state index contributed by atoms with van der Waals surface area (Å²) in [6.45, 7) is 13.0. The van der Waals surface area contributed by atoms with Crippen LogP contribution >= 0.6 is 0 Å². The minimum absolute atomic E-state index is 0.352. The normalized spacial score (nSPS) is 23.0. The van der Waals surface area contributed by atoms with Crippen LogP contribution < -0.4 is 5.32 Å². The van der Waals surface area contributed by atoms with Crippen molar-refractivity contribution in [1.29, 1.82) is 0 Å². The largest absolute Gasteiger partial charge is 0.317 e. The van der Waals surface area contributed by atoms with Crippen molar-refractivity contribution in [3.05, 3.63) is 0 Å². The third kappa shape index (κ3) is 3.74. The molecule has 3 nitrogen and oxygen atoms in total. The maximum Gasteiger partial charge on any atom is 0.0110 e. The van der Waals surface area contributed by atoms with E-state index in [2.05, 4.69) is 50.0 Å². The van der Waals surface area contributed by atoms with E-state index in [9.17, 15) is 0 Å². The highest BCUT2D eigenvalue weighted by Gasteiger charge is 2.28. The molecule has 0 aromatic rings. The first-order chi connectivity index (χ1) is 6.95. The lowest BCUT2D eigenvalue weighted by Gasteiger charge is -2.40. The maximum absolute atomic E-state index is 3.37. The van der Waals surface area contributed by atoms with Gasteiger partial charge in [0.15, 0.2) is 0 Å². The second-order valence-corrected chi connectivity index (χ2v) is 5.58. The van der Waals surface area contributed by atoms with Crippen molar-refractivity contribution in [3.63, 3.8) is 0 Å². The number of nitrogens with one attached hydrogen (secondary N) is 1. The summed E-state index contributed by atoms with van der Waals surface area (Å²) in [6, 6.07) is 0.567. The molecule has 0 saturated carbocycles. The Kier molecular flexibility index (Phi) is 4.56. The molecule has 90 valence electrons. The van der Waals surface area contributed by atoms with Gasteiger partial charge in [0, 0.05) is 38.8 Å². The van der Waals surface area contributed by atoms with Gasteiger partial charge in [0.2, 0.25) is 0 Å². The Morgan fingerprint density at radius 1 is 1.20 bits per heavy atom. The van der Waals surface area contributed by atoms with Gasteiger partial charge in [-0.25, -0.2) is 0 Å². The molecule has 0 radical (unpaired) electrons. The molecule has 3 heteroatoms. The predicted molar refractivity (Wildman–Crippen MR) is 66.2 cm³/mol. The fraction of sp³-hybridized carbons (Fsp3) is 1.00. The monoisotopic (exact) mass is 213 g/mol. The molecule has 1 rings (SSSR count). The first-order valence-electron chi connectivity index (χ1n) is 6.04. The lowest BCUT2D eigenvalue weighted by Crippen LogP contribution is -2.51. The number of nitrogens with zero attached hydrogens (tertiary/aromatic N) is 2. The van der Waals surface area contributed by atoms with E-state index < -0.39 is 0 Å². The van der Waals surface area contributed by atoms with Crippen LogP contribution in [-0.2, 0) is 0 Å². The maximum atomic E-state index is 3.37. The highest BCUT2D eigenvalue weighted by Crippen LogP contribution is 2.22. The number of likely N-dealkylation sites (N-methyl/N-ethyl adjacent to an activating group) is 1. The summed E-state index contributed by atoms with van der Waals surface area (Å²) in [7, 11) is 4.26. The molecule has 1 saturated heterocycles. The van der Waals surface area contributed by atoms with E-state index in [1.807, 2.05) is 0 Å². The smallest absolute Gasteiger partial charge is 0.0110 e. The van der Waals surface area contributed by atoms with Gasteiger partial charge in [0.25, 0.3) is 0 Å². The Morgan fingerprint density at radius 2 is 1.73 bits per heavy atom. The zero-order valence-electron chi connectivity index (χ0n) is 11.0. The Morgan fingerprint density at radius 3 is 2.20 bits per heavy atom. The predicted octanol–water partition coefficient (Wildman–Crippen LogP) is 0.868. The van der Waals surface area contributed by atoms with Crippen molar-refractivity contribution >= 4 is 0 Å². The average Bonchev–Trinajstić information content (AvgIpc) is 2.20. The van der Waals surface area contributed by atoms with Gasteiger partial charge in [-0.15, -0.1) is 0 Å². The Hall–Kier alpha value is -0.120. The summed E-state index contributed by atoms with van der Waals surface area (Å²) in [6.07, 6.45) is 0. The third-order valence-corrected chi connectivity index (χ3v) is 3.83. The zero-order valence-corrected chi connectivity index (χ0v) is 11.0. The molecule has 0 aliphatic carbocycles. The molecule has 1 N–H and O–H groups in total. The Balaban J connectivity index is 2.40. The van der Waals surface area contributed by atoms with Crippen LogP contribution in [0.2, 0.25) is 0 Å².